The van der Waals surface area contributed by atoms with Crippen molar-refractivity contribution in [1.29, 1.82) is 0 Å². The number of hydrogen-bond donors (Lipinski definition) is 0. The van der Waals surface area contributed by atoms with E-state index in [4.69, 9.17) is 27.0 Å². The molecule has 0 unspecified atom stereocenters. The lowest BCUT2D eigenvalue weighted by Gasteiger charge is -2.11. The molecule has 1 aromatic rings. The van der Waals surface area contributed by atoms with Gasteiger partial charge in [0.05, 0.1) is 17.2 Å². The molecule has 0 aliphatic heterocycles. The van der Waals surface area contributed by atoms with Gasteiger partial charge in [-0.15, -0.1) is 0 Å². The molecule has 0 aromatic heterocycles. The first-order valence-electron chi connectivity index (χ1n) is 5.35. The number of halogens is 4. The second kappa shape index (κ2) is 6.24. The summed E-state index contributed by atoms with van der Waals surface area (Å²) in [6.07, 6.45) is 0. The molecule has 0 fully saturated rings. The van der Waals surface area contributed by atoms with Gasteiger partial charge >= 0.3 is 5.97 Å². The molecule has 20 heavy (non-hydrogen) atoms. The summed E-state index contributed by atoms with van der Waals surface area (Å²) in [5.74, 6) is -4.38. The molecule has 1 rings (SSSR count). The fourth-order valence-electron chi connectivity index (χ4n) is 1.26. The van der Waals surface area contributed by atoms with Gasteiger partial charge in [-0.25, -0.2) is 22.0 Å². The molecule has 9 heteroatoms. The van der Waals surface area contributed by atoms with Gasteiger partial charge in [0.1, 0.15) is 4.90 Å². The standard InChI is InChI=1S/C11H10Cl2F2O4S/c1-5(2)4-19-11(16)6-3-7(14)9(15)10(8(6)12)20(13,17)18/h3,5H,4H2,1-2H3. The molecule has 0 aliphatic rings. The monoisotopic (exact) mass is 346 g/mol. The molecule has 0 amide bonds. The van der Waals surface area contributed by atoms with Gasteiger partial charge < -0.3 is 4.74 Å². The lowest BCUT2D eigenvalue weighted by atomic mass is 10.2. The summed E-state index contributed by atoms with van der Waals surface area (Å²) in [6, 6.07) is 0.464. The van der Waals surface area contributed by atoms with Crippen LogP contribution < -0.4 is 0 Å². The number of rotatable bonds is 4. The lowest BCUT2D eigenvalue weighted by molar-refractivity contribution is 0.0458. The van der Waals surface area contributed by atoms with Crippen molar-refractivity contribution in [3.05, 3.63) is 28.3 Å². The lowest BCUT2D eigenvalue weighted by Crippen LogP contribution is -2.13. The molecular formula is C11H10Cl2F2O4S. The molecule has 0 saturated heterocycles. The number of hydrogen-bond acceptors (Lipinski definition) is 4. The van der Waals surface area contributed by atoms with Gasteiger partial charge in [0, 0.05) is 10.7 Å². The van der Waals surface area contributed by atoms with Crippen molar-refractivity contribution in [3.8, 4) is 0 Å². The highest BCUT2D eigenvalue weighted by atomic mass is 35.7. The zero-order chi connectivity index (χ0) is 15.7. The third-order valence-corrected chi connectivity index (χ3v) is 3.97. The van der Waals surface area contributed by atoms with Crippen molar-refractivity contribution in [3.63, 3.8) is 0 Å². The van der Waals surface area contributed by atoms with Crippen molar-refractivity contribution in [1.82, 2.24) is 0 Å². The van der Waals surface area contributed by atoms with Crippen molar-refractivity contribution in [2.24, 2.45) is 5.92 Å². The summed E-state index contributed by atoms with van der Waals surface area (Å²) < 4.78 is 53.9. The Labute approximate surface area is 124 Å². The van der Waals surface area contributed by atoms with Gasteiger partial charge in [-0.05, 0) is 12.0 Å². The van der Waals surface area contributed by atoms with E-state index in [-0.39, 0.29) is 12.5 Å². The van der Waals surface area contributed by atoms with Crippen LogP contribution in [0, 0.1) is 17.6 Å². The van der Waals surface area contributed by atoms with E-state index < -0.39 is 42.1 Å². The van der Waals surface area contributed by atoms with Gasteiger partial charge in [-0.1, -0.05) is 25.4 Å². The first kappa shape index (κ1) is 17.1. The number of carbonyl (C=O) groups is 1. The Kier molecular flexibility index (Phi) is 5.34. The maximum absolute atomic E-state index is 13.4. The average Bonchev–Trinajstić information content (AvgIpc) is 2.29. The fourth-order valence-corrected chi connectivity index (χ4v) is 2.97. The van der Waals surface area contributed by atoms with Crippen molar-refractivity contribution in [2.45, 2.75) is 18.7 Å². The summed E-state index contributed by atoms with van der Waals surface area (Å²) in [7, 11) is 0.318. The Morgan fingerprint density at radius 2 is 1.95 bits per heavy atom. The largest absolute Gasteiger partial charge is 0.462 e. The predicted molar refractivity (Wildman–Crippen MR) is 69.5 cm³/mol. The van der Waals surface area contributed by atoms with Gasteiger partial charge in [0.2, 0.25) is 0 Å². The Balaban J connectivity index is 3.37. The zero-order valence-corrected chi connectivity index (χ0v) is 12.7. The van der Waals surface area contributed by atoms with Gasteiger partial charge in [0.15, 0.2) is 11.6 Å². The minimum atomic E-state index is -4.66. The van der Waals surface area contributed by atoms with Crippen LogP contribution in [0.5, 0.6) is 0 Å². The normalized spacial score (nSPS) is 11.8. The van der Waals surface area contributed by atoms with E-state index in [0.717, 1.165) is 0 Å². The van der Waals surface area contributed by atoms with Crippen LogP contribution in [0.2, 0.25) is 5.02 Å². The molecule has 0 atom stereocenters. The third-order valence-electron chi connectivity index (χ3n) is 2.13. The van der Waals surface area contributed by atoms with Crippen LogP contribution in [0.4, 0.5) is 8.78 Å². The van der Waals surface area contributed by atoms with Crippen molar-refractivity contribution in [2.75, 3.05) is 6.61 Å². The highest BCUT2D eigenvalue weighted by molar-refractivity contribution is 8.13. The molecular weight excluding hydrogens is 337 g/mol. The van der Waals surface area contributed by atoms with E-state index in [0.29, 0.717) is 6.07 Å². The van der Waals surface area contributed by atoms with Crippen LogP contribution in [-0.4, -0.2) is 21.0 Å². The molecule has 0 N–H and O–H groups in total. The first-order valence-corrected chi connectivity index (χ1v) is 8.03. The maximum atomic E-state index is 13.4. The summed E-state index contributed by atoms with van der Waals surface area (Å²) >= 11 is 5.61. The number of benzene rings is 1. The fraction of sp³-hybridized carbons (Fsp3) is 0.364. The molecule has 0 heterocycles. The minimum absolute atomic E-state index is 0.000694. The van der Waals surface area contributed by atoms with Crippen LogP contribution in [0.25, 0.3) is 0 Å². The third kappa shape index (κ3) is 3.80. The smallest absolute Gasteiger partial charge is 0.339 e. The van der Waals surface area contributed by atoms with Crippen LogP contribution in [0.15, 0.2) is 11.0 Å². The average molecular weight is 347 g/mol. The van der Waals surface area contributed by atoms with Crippen LogP contribution in [-0.2, 0) is 13.8 Å². The van der Waals surface area contributed by atoms with Gasteiger partial charge in [-0.3, -0.25) is 0 Å². The topological polar surface area (TPSA) is 60.4 Å². The minimum Gasteiger partial charge on any atom is -0.462 e. The molecule has 4 nitrogen and oxygen atoms in total. The second-order valence-electron chi connectivity index (χ2n) is 4.29. The maximum Gasteiger partial charge on any atom is 0.339 e. The molecule has 112 valence electrons. The predicted octanol–water partition coefficient (Wildman–Crippen LogP) is 3.36. The Morgan fingerprint density at radius 3 is 2.40 bits per heavy atom. The highest BCUT2D eigenvalue weighted by Crippen LogP contribution is 2.32. The Morgan fingerprint density at radius 1 is 1.40 bits per heavy atom. The first-order chi connectivity index (χ1) is 9.05. The van der Waals surface area contributed by atoms with E-state index in [2.05, 4.69) is 0 Å². The summed E-state index contributed by atoms with van der Waals surface area (Å²) in [4.78, 5) is 10.4. The van der Waals surface area contributed by atoms with E-state index in [9.17, 15) is 22.0 Å². The van der Waals surface area contributed by atoms with E-state index in [1.165, 1.54) is 0 Å². The molecule has 1 aromatic carbocycles. The molecule has 0 spiro atoms. The Bertz CT molecular complexity index is 644. The Hall–Kier alpha value is -0.920. The van der Waals surface area contributed by atoms with E-state index in [1.54, 1.807) is 13.8 Å². The number of carbonyl (C=O) groups excluding carboxylic acids is 1. The molecule has 0 aliphatic carbocycles. The molecule has 0 bridgehead atoms. The highest BCUT2D eigenvalue weighted by Gasteiger charge is 2.29. The zero-order valence-electron chi connectivity index (χ0n) is 10.4. The van der Waals surface area contributed by atoms with E-state index >= 15 is 0 Å². The van der Waals surface area contributed by atoms with Crippen LogP contribution >= 0.6 is 22.3 Å². The van der Waals surface area contributed by atoms with E-state index in [1.807, 2.05) is 0 Å². The second-order valence-corrected chi connectivity index (χ2v) is 7.17. The SMILES string of the molecule is CC(C)COC(=O)c1cc(F)c(F)c(S(=O)(=O)Cl)c1Cl. The molecule has 0 saturated carbocycles. The summed E-state index contributed by atoms with van der Waals surface area (Å²) in [5, 5.41) is -0.812. The van der Waals surface area contributed by atoms with Crippen LogP contribution in [0.3, 0.4) is 0 Å². The number of ether oxygens (including phenoxy) is 1. The van der Waals surface area contributed by atoms with Gasteiger partial charge in [0.25, 0.3) is 9.05 Å². The van der Waals surface area contributed by atoms with Crippen molar-refractivity contribution >= 4 is 37.3 Å². The van der Waals surface area contributed by atoms with Crippen molar-refractivity contribution < 1.29 is 26.7 Å². The quantitative estimate of drug-likeness (QED) is 0.476. The van der Waals surface area contributed by atoms with Crippen LogP contribution in [0.1, 0.15) is 24.2 Å². The summed E-state index contributed by atoms with van der Waals surface area (Å²) in [5.41, 5.74) is -0.606. The number of esters is 1. The summed E-state index contributed by atoms with van der Waals surface area (Å²) in [6.45, 7) is 3.53. The van der Waals surface area contributed by atoms with Gasteiger partial charge in [-0.2, -0.15) is 0 Å². The molecule has 0 radical (unpaired) electrons.